The van der Waals surface area contributed by atoms with Crippen LogP contribution in [-0.2, 0) is 11.3 Å². The van der Waals surface area contributed by atoms with E-state index in [1.54, 1.807) is 6.92 Å². The van der Waals surface area contributed by atoms with Crippen molar-refractivity contribution in [3.8, 4) is 0 Å². The molecule has 3 unspecified atom stereocenters. The maximum absolute atomic E-state index is 14.2. The second kappa shape index (κ2) is 6.64. The van der Waals surface area contributed by atoms with Gasteiger partial charge in [0.05, 0.1) is 19.3 Å². The van der Waals surface area contributed by atoms with Crippen LogP contribution in [0.2, 0.25) is 0 Å². The zero-order valence-corrected chi connectivity index (χ0v) is 11.8. The van der Waals surface area contributed by atoms with Crippen LogP contribution in [0.25, 0.3) is 0 Å². The Morgan fingerprint density at radius 3 is 2.65 bits per heavy atom. The third-order valence-electron chi connectivity index (χ3n) is 4.12. The number of ether oxygens (including phenoxy) is 1. The van der Waals surface area contributed by atoms with Crippen LogP contribution < -0.4 is 0 Å². The molecule has 0 heterocycles. The summed E-state index contributed by atoms with van der Waals surface area (Å²) in [5.41, 5.74) is 0.970. The monoisotopic (exact) mass is 284 g/mol. The van der Waals surface area contributed by atoms with E-state index in [0.29, 0.717) is 19.4 Å². The second-order valence-corrected chi connectivity index (χ2v) is 5.74. The maximum atomic E-state index is 14.2. The largest absolute Gasteiger partial charge is 0.393 e. The van der Waals surface area contributed by atoms with Crippen molar-refractivity contribution in [3.05, 3.63) is 35.9 Å². The van der Waals surface area contributed by atoms with E-state index in [1.165, 1.54) is 0 Å². The highest BCUT2D eigenvalue weighted by Gasteiger charge is 2.47. The summed E-state index contributed by atoms with van der Waals surface area (Å²) in [6.07, 6.45) is 0.290. The molecule has 0 aromatic heterocycles. The Morgan fingerprint density at radius 1 is 1.25 bits per heavy atom. The molecule has 0 amide bonds. The lowest BCUT2D eigenvalue weighted by molar-refractivity contribution is -0.127. The number of aliphatic hydroxyl groups is 1. The third-order valence-corrected chi connectivity index (χ3v) is 4.12. The summed E-state index contributed by atoms with van der Waals surface area (Å²) >= 11 is 0. The number of rotatable bonds is 4. The standard InChI is InChI=1S/C16H22F2O2/c1-12-7-8-15(19)9-14(16(12,17)18)11-20-10-13-5-3-2-4-6-13/h2-6,12,14-15,19H,7-11H2,1H3. The van der Waals surface area contributed by atoms with Crippen LogP contribution in [0.5, 0.6) is 0 Å². The smallest absolute Gasteiger partial charge is 0.255 e. The molecule has 0 radical (unpaired) electrons. The topological polar surface area (TPSA) is 29.5 Å². The molecule has 1 aliphatic carbocycles. The summed E-state index contributed by atoms with van der Waals surface area (Å²) in [6, 6.07) is 9.50. The average molecular weight is 284 g/mol. The van der Waals surface area contributed by atoms with Gasteiger partial charge in [0.1, 0.15) is 0 Å². The molecule has 112 valence electrons. The van der Waals surface area contributed by atoms with Gasteiger partial charge in [-0.3, -0.25) is 0 Å². The minimum atomic E-state index is -2.77. The molecule has 2 nitrogen and oxygen atoms in total. The highest BCUT2D eigenvalue weighted by Crippen LogP contribution is 2.41. The molecule has 1 saturated carbocycles. The number of halogens is 2. The molecule has 1 aromatic carbocycles. The highest BCUT2D eigenvalue weighted by molar-refractivity contribution is 5.13. The van der Waals surface area contributed by atoms with E-state index in [0.717, 1.165) is 5.56 Å². The summed E-state index contributed by atoms with van der Waals surface area (Å²) in [6.45, 7) is 1.88. The molecule has 0 bridgehead atoms. The second-order valence-electron chi connectivity index (χ2n) is 5.74. The predicted octanol–water partition coefficient (Wildman–Crippen LogP) is 3.64. The first kappa shape index (κ1) is 15.4. The van der Waals surface area contributed by atoms with E-state index in [9.17, 15) is 13.9 Å². The van der Waals surface area contributed by atoms with E-state index in [2.05, 4.69) is 0 Å². The first-order valence-electron chi connectivity index (χ1n) is 7.17. The van der Waals surface area contributed by atoms with Gasteiger partial charge in [0, 0.05) is 11.8 Å². The fraction of sp³-hybridized carbons (Fsp3) is 0.625. The van der Waals surface area contributed by atoms with Gasteiger partial charge in [-0.25, -0.2) is 8.78 Å². The molecule has 4 heteroatoms. The van der Waals surface area contributed by atoms with Crippen LogP contribution in [0.4, 0.5) is 8.78 Å². The van der Waals surface area contributed by atoms with Crippen molar-refractivity contribution in [2.45, 2.75) is 44.8 Å². The molecule has 1 aromatic rings. The molecule has 20 heavy (non-hydrogen) atoms. The lowest BCUT2D eigenvalue weighted by atomic mass is 9.90. The van der Waals surface area contributed by atoms with Crippen LogP contribution in [0.3, 0.4) is 0 Å². The molecule has 1 aliphatic rings. The van der Waals surface area contributed by atoms with E-state index in [-0.39, 0.29) is 13.0 Å². The summed E-state index contributed by atoms with van der Waals surface area (Å²) in [5, 5.41) is 9.74. The molecular weight excluding hydrogens is 262 g/mol. The minimum Gasteiger partial charge on any atom is -0.393 e. The van der Waals surface area contributed by atoms with E-state index in [1.807, 2.05) is 30.3 Å². The Kier molecular flexibility index (Phi) is 5.11. The zero-order chi connectivity index (χ0) is 14.6. The minimum absolute atomic E-state index is 0.0106. The molecule has 0 spiro atoms. The first-order valence-corrected chi connectivity index (χ1v) is 7.17. The van der Waals surface area contributed by atoms with Crippen molar-refractivity contribution < 1.29 is 18.6 Å². The van der Waals surface area contributed by atoms with Gasteiger partial charge in [-0.2, -0.15) is 0 Å². The number of benzene rings is 1. The average Bonchev–Trinajstić information content (AvgIpc) is 2.52. The number of aliphatic hydroxyl groups excluding tert-OH is 1. The summed E-state index contributed by atoms with van der Waals surface area (Å²) in [7, 11) is 0. The van der Waals surface area contributed by atoms with Gasteiger partial charge < -0.3 is 9.84 Å². The van der Waals surface area contributed by atoms with Crippen LogP contribution in [0.15, 0.2) is 30.3 Å². The van der Waals surface area contributed by atoms with E-state index in [4.69, 9.17) is 4.74 Å². The molecule has 0 saturated heterocycles. The Labute approximate surface area is 118 Å². The van der Waals surface area contributed by atoms with Gasteiger partial charge in [-0.1, -0.05) is 37.3 Å². The normalized spacial score (nSPS) is 29.9. The Balaban J connectivity index is 1.92. The fourth-order valence-corrected chi connectivity index (χ4v) is 2.71. The van der Waals surface area contributed by atoms with Crippen LogP contribution in [-0.4, -0.2) is 23.7 Å². The number of alkyl halides is 2. The van der Waals surface area contributed by atoms with Gasteiger partial charge in [0.15, 0.2) is 0 Å². The molecule has 0 aliphatic heterocycles. The quantitative estimate of drug-likeness (QED) is 0.855. The van der Waals surface area contributed by atoms with Crippen LogP contribution >= 0.6 is 0 Å². The van der Waals surface area contributed by atoms with Crippen molar-refractivity contribution in [2.75, 3.05) is 6.61 Å². The highest BCUT2D eigenvalue weighted by atomic mass is 19.3. The van der Waals surface area contributed by atoms with Gasteiger partial charge in [0.25, 0.3) is 5.92 Å². The summed E-state index contributed by atoms with van der Waals surface area (Å²) < 4.78 is 33.9. The van der Waals surface area contributed by atoms with E-state index >= 15 is 0 Å². The Morgan fingerprint density at radius 2 is 1.95 bits per heavy atom. The molecule has 2 rings (SSSR count). The van der Waals surface area contributed by atoms with Gasteiger partial charge in [0.2, 0.25) is 0 Å². The Bertz CT molecular complexity index is 408. The zero-order valence-electron chi connectivity index (χ0n) is 11.8. The summed E-state index contributed by atoms with van der Waals surface area (Å²) in [5.74, 6) is -4.38. The fourth-order valence-electron chi connectivity index (χ4n) is 2.71. The van der Waals surface area contributed by atoms with Crippen LogP contribution in [0.1, 0.15) is 31.7 Å². The van der Waals surface area contributed by atoms with Gasteiger partial charge in [-0.15, -0.1) is 0 Å². The van der Waals surface area contributed by atoms with Crippen LogP contribution in [0, 0.1) is 11.8 Å². The predicted molar refractivity (Wildman–Crippen MR) is 73.6 cm³/mol. The first-order chi connectivity index (χ1) is 9.50. The molecular formula is C16H22F2O2. The van der Waals surface area contributed by atoms with E-state index < -0.39 is 23.9 Å². The SMILES string of the molecule is CC1CCC(O)CC(COCc2ccccc2)C1(F)F. The molecule has 1 N–H and O–H groups in total. The Hall–Kier alpha value is -1.00. The number of hydrogen-bond donors (Lipinski definition) is 1. The van der Waals surface area contributed by atoms with Gasteiger partial charge in [-0.05, 0) is 24.8 Å². The lowest BCUT2D eigenvalue weighted by Crippen LogP contribution is -2.37. The van der Waals surface area contributed by atoms with Crippen molar-refractivity contribution in [3.63, 3.8) is 0 Å². The third kappa shape index (κ3) is 3.76. The van der Waals surface area contributed by atoms with Crippen molar-refractivity contribution in [2.24, 2.45) is 11.8 Å². The van der Waals surface area contributed by atoms with Crippen molar-refractivity contribution in [1.82, 2.24) is 0 Å². The molecule has 3 atom stereocenters. The van der Waals surface area contributed by atoms with Crippen molar-refractivity contribution >= 4 is 0 Å². The molecule has 1 fully saturated rings. The van der Waals surface area contributed by atoms with Crippen molar-refractivity contribution in [1.29, 1.82) is 0 Å². The number of hydrogen-bond acceptors (Lipinski definition) is 2. The maximum Gasteiger partial charge on any atom is 0.255 e. The van der Waals surface area contributed by atoms with Gasteiger partial charge >= 0.3 is 0 Å². The lowest BCUT2D eigenvalue weighted by Gasteiger charge is -2.29. The summed E-state index contributed by atoms with van der Waals surface area (Å²) in [4.78, 5) is 0.